The zero-order chi connectivity index (χ0) is 14.9. The number of pyridine rings is 1. The molecule has 2 fully saturated rings. The van der Waals surface area contributed by atoms with Crippen molar-refractivity contribution in [3.8, 4) is 0 Å². The predicted octanol–water partition coefficient (Wildman–Crippen LogP) is 1.76. The average Bonchev–Trinajstić information content (AvgIpc) is 3.24. The minimum atomic E-state index is 0.164. The molecule has 4 rings (SSSR count). The highest BCUT2D eigenvalue weighted by atomic mass is 16.2. The number of fused-ring (bicyclic) bond motifs is 1. The maximum absolute atomic E-state index is 12.6. The van der Waals surface area contributed by atoms with E-state index in [4.69, 9.17) is 0 Å². The van der Waals surface area contributed by atoms with Crippen LogP contribution >= 0.6 is 0 Å². The summed E-state index contributed by atoms with van der Waals surface area (Å²) in [6.45, 7) is 3.86. The quantitative estimate of drug-likeness (QED) is 0.939. The van der Waals surface area contributed by atoms with Crippen molar-refractivity contribution in [1.29, 1.82) is 0 Å². The van der Waals surface area contributed by atoms with E-state index >= 15 is 0 Å². The molecule has 0 radical (unpaired) electrons. The maximum atomic E-state index is 12.6. The fraction of sp³-hybridized carbons (Fsp3) is 0.412. The lowest BCUT2D eigenvalue weighted by atomic mass is 10.1. The van der Waals surface area contributed by atoms with Gasteiger partial charge in [0, 0.05) is 57.0 Å². The summed E-state index contributed by atoms with van der Waals surface area (Å²) in [7, 11) is 0. The molecule has 0 bridgehead atoms. The molecule has 2 aliphatic rings. The smallest absolute Gasteiger partial charge is 0.255 e. The van der Waals surface area contributed by atoms with Gasteiger partial charge >= 0.3 is 0 Å². The van der Waals surface area contributed by atoms with Crippen LogP contribution in [0.25, 0.3) is 0 Å². The predicted molar refractivity (Wildman–Crippen MR) is 83.2 cm³/mol. The number of hydrogen-bond donors (Lipinski definition) is 1. The third-order valence-corrected chi connectivity index (χ3v) is 4.86. The van der Waals surface area contributed by atoms with Crippen molar-refractivity contribution in [2.24, 2.45) is 5.92 Å². The van der Waals surface area contributed by atoms with E-state index in [0.29, 0.717) is 12.0 Å². The van der Waals surface area contributed by atoms with Crippen LogP contribution in [-0.4, -0.2) is 51.4 Å². The highest BCUT2D eigenvalue weighted by molar-refractivity contribution is 5.94. The van der Waals surface area contributed by atoms with Crippen LogP contribution in [0.3, 0.4) is 0 Å². The first-order valence-corrected chi connectivity index (χ1v) is 7.86. The molecule has 2 aromatic rings. The van der Waals surface area contributed by atoms with Crippen molar-refractivity contribution in [3.05, 3.63) is 54.1 Å². The van der Waals surface area contributed by atoms with Gasteiger partial charge in [0.25, 0.3) is 5.91 Å². The van der Waals surface area contributed by atoms with Crippen LogP contribution < -0.4 is 0 Å². The second-order valence-corrected chi connectivity index (χ2v) is 6.27. The number of H-pyrrole nitrogens is 1. The fourth-order valence-corrected chi connectivity index (χ4v) is 3.80. The number of likely N-dealkylation sites (tertiary alicyclic amines) is 2. The van der Waals surface area contributed by atoms with Gasteiger partial charge in [-0.15, -0.1) is 0 Å². The molecular formula is C17H20N4O. The number of carbonyl (C=O) groups excluding carboxylic acids is 1. The minimum absolute atomic E-state index is 0.164. The van der Waals surface area contributed by atoms with E-state index in [2.05, 4.69) is 25.8 Å². The molecule has 2 aliphatic heterocycles. The van der Waals surface area contributed by atoms with Crippen molar-refractivity contribution < 1.29 is 4.79 Å². The van der Waals surface area contributed by atoms with E-state index in [-0.39, 0.29) is 5.91 Å². The molecule has 0 saturated carbocycles. The van der Waals surface area contributed by atoms with E-state index in [1.165, 1.54) is 5.56 Å². The normalized spacial score (nSPS) is 24.6. The molecule has 0 spiro atoms. The molecule has 1 N–H and O–H groups in total. The van der Waals surface area contributed by atoms with Crippen LogP contribution in [0.4, 0.5) is 0 Å². The monoisotopic (exact) mass is 296 g/mol. The Balaban J connectivity index is 1.44. The SMILES string of the molecule is O=C(c1cc[nH]c1)N1CC[C@H]2CN(Cc3cccnc3)C[C@H]21. The highest BCUT2D eigenvalue weighted by Gasteiger charge is 2.43. The Morgan fingerprint density at radius 3 is 3.09 bits per heavy atom. The van der Waals surface area contributed by atoms with Gasteiger partial charge in [-0.3, -0.25) is 14.7 Å². The summed E-state index contributed by atoms with van der Waals surface area (Å²) >= 11 is 0. The van der Waals surface area contributed by atoms with E-state index in [1.54, 1.807) is 12.4 Å². The summed E-state index contributed by atoms with van der Waals surface area (Å²) in [5, 5.41) is 0. The Morgan fingerprint density at radius 1 is 1.36 bits per heavy atom. The van der Waals surface area contributed by atoms with Gasteiger partial charge in [-0.1, -0.05) is 6.07 Å². The van der Waals surface area contributed by atoms with Crippen LogP contribution in [0.2, 0.25) is 0 Å². The summed E-state index contributed by atoms with van der Waals surface area (Å²) in [5.74, 6) is 0.775. The standard InChI is InChI=1S/C17H20N4O/c22-17(14-3-6-19-9-14)21-7-4-15-11-20(12-16(15)21)10-13-2-1-5-18-8-13/h1-3,5-6,8-9,15-16,19H,4,7,10-12H2/t15-,16+/m0/s1. The number of nitrogens with zero attached hydrogens (tertiary/aromatic N) is 3. The van der Waals surface area contributed by atoms with Crippen LogP contribution in [0.5, 0.6) is 0 Å². The van der Waals surface area contributed by atoms with Crippen LogP contribution in [0.15, 0.2) is 43.0 Å². The molecule has 2 atom stereocenters. The van der Waals surface area contributed by atoms with E-state index < -0.39 is 0 Å². The molecular weight excluding hydrogens is 276 g/mol. The van der Waals surface area contributed by atoms with Gasteiger partial charge in [0.1, 0.15) is 0 Å². The van der Waals surface area contributed by atoms with Gasteiger partial charge in [0.05, 0.1) is 5.56 Å². The molecule has 1 amide bonds. The third-order valence-electron chi connectivity index (χ3n) is 4.86. The van der Waals surface area contributed by atoms with Crippen LogP contribution in [0, 0.1) is 5.92 Å². The molecule has 0 unspecified atom stereocenters. The summed E-state index contributed by atoms with van der Waals surface area (Å²) in [6, 6.07) is 6.31. The number of hydrogen-bond acceptors (Lipinski definition) is 3. The second-order valence-electron chi connectivity index (χ2n) is 6.27. The van der Waals surface area contributed by atoms with E-state index in [1.807, 2.05) is 24.5 Å². The number of rotatable bonds is 3. The molecule has 114 valence electrons. The second kappa shape index (κ2) is 5.57. The molecule has 5 nitrogen and oxygen atoms in total. The zero-order valence-corrected chi connectivity index (χ0v) is 12.5. The van der Waals surface area contributed by atoms with Gasteiger partial charge in [-0.05, 0) is 30.0 Å². The molecule has 0 aromatic carbocycles. The Bertz CT molecular complexity index is 640. The number of amides is 1. The fourth-order valence-electron chi connectivity index (χ4n) is 3.80. The topological polar surface area (TPSA) is 52.2 Å². The summed E-state index contributed by atoms with van der Waals surface area (Å²) < 4.78 is 0. The first kappa shape index (κ1) is 13.5. The Hall–Kier alpha value is -2.14. The zero-order valence-electron chi connectivity index (χ0n) is 12.5. The average molecular weight is 296 g/mol. The first-order valence-electron chi connectivity index (χ1n) is 7.86. The lowest BCUT2D eigenvalue weighted by Gasteiger charge is -2.24. The summed E-state index contributed by atoms with van der Waals surface area (Å²) in [5.41, 5.74) is 2.01. The lowest BCUT2D eigenvalue weighted by Crippen LogP contribution is -2.39. The largest absolute Gasteiger partial charge is 0.367 e. The molecule has 0 aliphatic carbocycles. The van der Waals surface area contributed by atoms with Gasteiger partial charge in [0.15, 0.2) is 0 Å². The van der Waals surface area contributed by atoms with Crippen LogP contribution in [-0.2, 0) is 6.54 Å². The van der Waals surface area contributed by atoms with E-state index in [9.17, 15) is 4.79 Å². The number of aromatic nitrogens is 2. The Labute approximate surface area is 130 Å². The van der Waals surface area contributed by atoms with Crippen molar-refractivity contribution in [1.82, 2.24) is 19.8 Å². The van der Waals surface area contributed by atoms with Crippen molar-refractivity contribution in [2.75, 3.05) is 19.6 Å². The molecule has 2 saturated heterocycles. The minimum Gasteiger partial charge on any atom is -0.367 e. The molecule has 5 heteroatoms. The Morgan fingerprint density at radius 2 is 2.32 bits per heavy atom. The summed E-state index contributed by atoms with van der Waals surface area (Å²) in [6.07, 6.45) is 8.45. The number of carbonyl (C=O) groups is 1. The molecule has 22 heavy (non-hydrogen) atoms. The number of nitrogens with one attached hydrogen (secondary N) is 1. The van der Waals surface area contributed by atoms with Crippen LogP contribution in [0.1, 0.15) is 22.3 Å². The van der Waals surface area contributed by atoms with Gasteiger partial charge in [0.2, 0.25) is 0 Å². The van der Waals surface area contributed by atoms with Crippen molar-refractivity contribution in [3.63, 3.8) is 0 Å². The van der Waals surface area contributed by atoms with E-state index in [0.717, 1.165) is 38.2 Å². The van der Waals surface area contributed by atoms with Gasteiger partial charge in [-0.2, -0.15) is 0 Å². The summed E-state index contributed by atoms with van der Waals surface area (Å²) in [4.78, 5) is 24.3. The lowest BCUT2D eigenvalue weighted by molar-refractivity contribution is 0.0726. The Kier molecular flexibility index (Phi) is 3.42. The number of aromatic amines is 1. The third kappa shape index (κ3) is 2.41. The van der Waals surface area contributed by atoms with Gasteiger partial charge in [-0.25, -0.2) is 0 Å². The molecule has 4 heterocycles. The van der Waals surface area contributed by atoms with Crippen molar-refractivity contribution >= 4 is 5.91 Å². The maximum Gasteiger partial charge on any atom is 0.255 e. The highest BCUT2D eigenvalue weighted by Crippen LogP contribution is 2.33. The molecule has 2 aromatic heterocycles. The van der Waals surface area contributed by atoms with Gasteiger partial charge < -0.3 is 9.88 Å². The van der Waals surface area contributed by atoms with Crippen molar-refractivity contribution in [2.45, 2.75) is 19.0 Å². The first-order chi connectivity index (χ1) is 10.8.